The highest BCUT2D eigenvalue weighted by atomic mass is 35.5. The molecule has 0 unspecified atom stereocenters. The molecule has 0 aliphatic carbocycles. The lowest BCUT2D eigenvalue weighted by Crippen LogP contribution is -2.15. The smallest absolute Gasteiger partial charge is 0.211 e. The number of carbonyl (C=O) groups is 1. The Morgan fingerprint density at radius 3 is 2.83 bits per heavy atom. The summed E-state index contributed by atoms with van der Waals surface area (Å²) in [6.45, 7) is 0. The Labute approximate surface area is 146 Å². The lowest BCUT2D eigenvalue weighted by molar-refractivity contribution is 0.112. The van der Waals surface area contributed by atoms with E-state index in [0.29, 0.717) is 38.3 Å². The first-order valence-corrected chi connectivity index (χ1v) is 8.04. The number of nitrogens with zero attached hydrogens (tertiary/aromatic N) is 3. The van der Waals surface area contributed by atoms with Crippen molar-refractivity contribution in [3.8, 4) is 11.3 Å². The molecule has 4 N–H and O–H groups in total. The van der Waals surface area contributed by atoms with Crippen LogP contribution >= 0.6 is 22.9 Å². The van der Waals surface area contributed by atoms with Gasteiger partial charge < -0.3 is 11.5 Å². The molecule has 6 nitrogen and oxygen atoms in total. The summed E-state index contributed by atoms with van der Waals surface area (Å²) in [7, 11) is 0. The number of hydrogen-bond acceptors (Lipinski definition) is 6. The highest BCUT2D eigenvalue weighted by molar-refractivity contribution is 7.16. The van der Waals surface area contributed by atoms with E-state index in [-0.39, 0.29) is 5.84 Å². The van der Waals surface area contributed by atoms with Crippen LogP contribution in [0.1, 0.15) is 15.2 Å². The van der Waals surface area contributed by atoms with Crippen molar-refractivity contribution in [2.45, 2.75) is 0 Å². The van der Waals surface area contributed by atoms with Crippen LogP contribution in [0.3, 0.4) is 0 Å². The minimum Gasteiger partial charge on any atom is -0.398 e. The molecular weight excluding hydrogens is 346 g/mol. The second kappa shape index (κ2) is 6.77. The number of aldehydes is 1. The van der Waals surface area contributed by atoms with Crippen molar-refractivity contribution in [1.82, 2.24) is 9.97 Å². The Bertz CT molecular complexity index is 938. The maximum atomic E-state index is 10.7. The molecule has 24 heavy (non-hydrogen) atoms. The fraction of sp³-hybridized carbons (Fsp3) is 0. The number of hydrogen-bond donors (Lipinski definition) is 2. The number of benzene rings is 1. The van der Waals surface area contributed by atoms with Gasteiger partial charge in [-0.05, 0) is 24.3 Å². The van der Waals surface area contributed by atoms with Crippen LogP contribution in [-0.2, 0) is 0 Å². The van der Waals surface area contributed by atoms with Gasteiger partial charge in [0.15, 0.2) is 6.29 Å². The zero-order valence-corrected chi connectivity index (χ0v) is 13.9. The zero-order chi connectivity index (χ0) is 17.1. The minimum absolute atomic E-state index is 0.202. The Morgan fingerprint density at radius 1 is 1.29 bits per heavy atom. The SMILES string of the molecule is N/C(=N\c1ncc(C=O)s1)c1cc(-c2ncccc2Cl)ccc1N. The largest absolute Gasteiger partial charge is 0.398 e. The molecule has 2 heterocycles. The van der Waals surface area contributed by atoms with Gasteiger partial charge in [-0.1, -0.05) is 29.0 Å². The van der Waals surface area contributed by atoms with Crippen LogP contribution < -0.4 is 11.5 Å². The van der Waals surface area contributed by atoms with E-state index in [0.717, 1.165) is 16.9 Å². The number of aromatic nitrogens is 2. The molecule has 120 valence electrons. The normalized spacial score (nSPS) is 11.5. The van der Waals surface area contributed by atoms with Crippen molar-refractivity contribution < 1.29 is 4.79 Å². The molecule has 0 saturated carbocycles. The molecule has 0 radical (unpaired) electrons. The summed E-state index contributed by atoms with van der Waals surface area (Å²) < 4.78 is 0. The predicted octanol–water partition coefficient (Wildman–Crippen LogP) is 3.29. The van der Waals surface area contributed by atoms with Crippen LogP contribution in [0.5, 0.6) is 0 Å². The van der Waals surface area contributed by atoms with Crippen molar-refractivity contribution >= 4 is 45.9 Å². The molecule has 0 bridgehead atoms. The molecule has 0 aliphatic rings. The fourth-order valence-corrected chi connectivity index (χ4v) is 2.91. The van der Waals surface area contributed by atoms with Crippen molar-refractivity contribution in [2.75, 3.05) is 5.73 Å². The van der Waals surface area contributed by atoms with Crippen LogP contribution in [-0.4, -0.2) is 22.1 Å². The van der Waals surface area contributed by atoms with Crippen molar-refractivity contribution in [2.24, 2.45) is 10.7 Å². The summed E-state index contributed by atoms with van der Waals surface area (Å²) in [6.07, 6.45) is 3.81. The second-order valence-corrected chi connectivity index (χ2v) is 6.24. The van der Waals surface area contributed by atoms with Gasteiger partial charge in [0.1, 0.15) is 5.84 Å². The Balaban J connectivity index is 2.02. The standard InChI is InChI=1S/C16H12ClN5OS/c17-12-2-1-5-20-14(12)9-3-4-13(18)11(6-9)15(19)22-16-21-7-10(8-23)24-16/h1-8H,18H2,(H2,19,21,22). The van der Waals surface area contributed by atoms with Gasteiger partial charge in [0, 0.05) is 23.0 Å². The van der Waals surface area contributed by atoms with Crippen LogP contribution in [0.25, 0.3) is 11.3 Å². The summed E-state index contributed by atoms with van der Waals surface area (Å²) in [4.78, 5) is 23.7. The van der Waals surface area contributed by atoms with Gasteiger partial charge in [0.2, 0.25) is 5.13 Å². The van der Waals surface area contributed by atoms with Gasteiger partial charge in [0.05, 0.1) is 21.8 Å². The molecule has 0 fully saturated rings. The Morgan fingerprint density at radius 2 is 2.12 bits per heavy atom. The molecule has 0 amide bonds. The summed E-state index contributed by atoms with van der Waals surface area (Å²) in [5.41, 5.74) is 14.5. The number of halogens is 1. The maximum Gasteiger partial charge on any atom is 0.211 e. The molecule has 3 aromatic rings. The van der Waals surface area contributed by atoms with E-state index in [1.807, 2.05) is 6.07 Å². The van der Waals surface area contributed by atoms with Gasteiger partial charge >= 0.3 is 0 Å². The third kappa shape index (κ3) is 3.27. The molecule has 2 aromatic heterocycles. The third-order valence-corrected chi connectivity index (χ3v) is 4.33. The topological polar surface area (TPSA) is 107 Å². The number of pyridine rings is 1. The van der Waals surface area contributed by atoms with Crippen LogP contribution in [0.4, 0.5) is 10.8 Å². The zero-order valence-electron chi connectivity index (χ0n) is 12.3. The lowest BCUT2D eigenvalue weighted by atomic mass is 10.0. The first kappa shape index (κ1) is 16.1. The van der Waals surface area contributed by atoms with Crippen LogP contribution in [0, 0.1) is 0 Å². The number of nitrogen functional groups attached to an aromatic ring is 1. The number of amidine groups is 1. The molecule has 0 saturated heterocycles. The average Bonchev–Trinajstić information content (AvgIpc) is 3.03. The Kier molecular flexibility index (Phi) is 4.54. The first-order chi connectivity index (χ1) is 11.6. The van der Waals surface area contributed by atoms with Gasteiger partial charge in [0.25, 0.3) is 0 Å². The number of nitrogens with two attached hydrogens (primary N) is 2. The molecule has 1 aromatic carbocycles. The second-order valence-electron chi connectivity index (χ2n) is 4.80. The minimum atomic E-state index is 0.202. The van der Waals surface area contributed by atoms with Gasteiger partial charge in [-0.25, -0.2) is 9.98 Å². The van der Waals surface area contributed by atoms with E-state index in [1.54, 1.807) is 30.5 Å². The van der Waals surface area contributed by atoms with E-state index in [2.05, 4.69) is 15.0 Å². The number of aliphatic imine (C=N–C) groups is 1. The fourth-order valence-electron chi connectivity index (χ4n) is 2.07. The lowest BCUT2D eigenvalue weighted by Gasteiger charge is -2.09. The molecule has 0 atom stereocenters. The summed E-state index contributed by atoms with van der Waals surface area (Å²) in [6, 6.07) is 8.82. The Hall–Kier alpha value is -2.77. The van der Waals surface area contributed by atoms with E-state index in [9.17, 15) is 4.79 Å². The molecule has 8 heteroatoms. The van der Waals surface area contributed by atoms with Crippen molar-refractivity contribution in [1.29, 1.82) is 0 Å². The van der Waals surface area contributed by atoms with E-state index in [4.69, 9.17) is 23.1 Å². The van der Waals surface area contributed by atoms with Crippen molar-refractivity contribution in [3.63, 3.8) is 0 Å². The van der Waals surface area contributed by atoms with Crippen LogP contribution in [0.2, 0.25) is 5.02 Å². The number of anilines is 1. The quantitative estimate of drug-likeness (QED) is 0.322. The van der Waals surface area contributed by atoms with Gasteiger partial charge in [-0.3, -0.25) is 9.78 Å². The van der Waals surface area contributed by atoms with Crippen molar-refractivity contribution in [3.05, 3.63) is 58.2 Å². The van der Waals surface area contributed by atoms with E-state index in [1.165, 1.54) is 6.20 Å². The monoisotopic (exact) mass is 357 g/mol. The summed E-state index contributed by atoms with van der Waals surface area (Å²) in [5.74, 6) is 0.202. The van der Waals surface area contributed by atoms with E-state index < -0.39 is 0 Å². The molecular formula is C16H12ClN5OS. The van der Waals surface area contributed by atoms with Gasteiger partial charge in [-0.15, -0.1) is 0 Å². The third-order valence-electron chi connectivity index (χ3n) is 3.20. The van der Waals surface area contributed by atoms with Crippen LogP contribution in [0.15, 0.2) is 47.7 Å². The molecule has 3 rings (SSSR count). The van der Waals surface area contributed by atoms with E-state index >= 15 is 0 Å². The summed E-state index contributed by atoms with van der Waals surface area (Å²) in [5, 5.41) is 0.912. The summed E-state index contributed by atoms with van der Waals surface area (Å²) >= 11 is 7.33. The first-order valence-electron chi connectivity index (χ1n) is 6.84. The highest BCUT2D eigenvalue weighted by Gasteiger charge is 2.11. The average molecular weight is 358 g/mol. The number of carbonyl (C=O) groups excluding carboxylic acids is 1. The molecule has 0 aliphatic heterocycles. The number of rotatable bonds is 4. The maximum absolute atomic E-state index is 10.7. The highest BCUT2D eigenvalue weighted by Crippen LogP contribution is 2.28. The molecule has 0 spiro atoms. The van der Waals surface area contributed by atoms with Gasteiger partial charge in [-0.2, -0.15) is 0 Å². The number of thiazole rings is 1. The predicted molar refractivity (Wildman–Crippen MR) is 97.0 cm³/mol.